The van der Waals surface area contributed by atoms with Crippen molar-refractivity contribution in [1.29, 1.82) is 0 Å². The van der Waals surface area contributed by atoms with Crippen LogP contribution in [0.4, 0.5) is 5.69 Å². The number of rotatable bonds is 5. The van der Waals surface area contributed by atoms with E-state index in [1.807, 2.05) is 0 Å². The molecule has 110 valence electrons. The molecule has 0 aromatic heterocycles. The summed E-state index contributed by atoms with van der Waals surface area (Å²) in [5.41, 5.74) is 16.5. The fourth-order valence-corrected chi connectivity index (χ4v) is 1.05. The lowest BCUT2D eigenvalue weighted by atomic mass is 10.2. The molecule has 20 heavy (non-hydrogen) atoms. The van der Waals surface area contributed by atoms with Crippen LogP contribution in [-0.4, -0.2) is 34.1 Å². The van der Waals surface area contributed by atoms with E-state index in [4.69, 9.17) is 27.4 Å². The van der Waals surface area contributed by atoms with Crippen LogP contribution in [0.1, 0.15) is 23.2 Å². The van der Waals surface area contributed by atoms with Crippen molar-refractivity contribution in [3.8, 4) is 0 Å². The van der Waals surface area contributed by atoms with Gasteiger partial charge >= 0.3 is 11.9 Å². The van der Waals surface area contributed by atoms with Crippen molar-refractivity contribution < 1.29 is 24.6 Å². The number of hydrogen-bond acceptors (Lipinski definition) is 5. The van der Waals surface area contributed by atoms with Gasteiger partial charge in [0.25, 0.3) is 0 Å². The Morgan fingerprint density at radius 3 is 1.95 bits per heavy atom. The third-order valence-corrected chi connectivity index (χ3v) is 2.18. The lowest BCUT2D eigenvalue weighted by Gasteiger charge is -2.01. The van der Waals surface area contributed by atoms with Gasteiger partial charge in [-0.3, -0.25) is 14.4 Å². The number of aliphatic carboxylic acids is 2. The Labute approximate surface area is 115 Å². The number of primary amides is 1. The Morgan fingerprint density at radius 1 is 1.10 bits per heavy atom. The third kappa shape index (κ3) is 7.67. The number of nitrogens with two attached hydrogens (primary N) is 3. The summed E-state index contributed by atoms with van der Waals surface area (Å²) in [7, 11) is 0. The van der Waals surface area contributed by atoms with Crippen LogP contribution in [0.25, 0.3) is 0 Å². The Balaban J connectivity index is 0.000000361. The van der Waals surface area contributed by atoms with Crippen LogP contribution in [-0.2, 0) is 9.59 Å². The summed E-state index contributed by atoms with van der Waals surface area (Å²) in [6.07, 6.45) is -0.224. The second-order valence-corrected chi connectivity index (χ2v) is 3.86. The largest absolute Gasteiger partial charge is 0.481 e. The van der Waals surface area contributed by atoms with Gasteiger partial charge in [-0.2, -0.15) is 0 Å². The highest BCUT2D eigenvalue weighted by atomic mass is 16.4. The lowest BCUT2D eigenvalue weighted by molar-refractivity contribution is -0.139. The lowest BCUT2D eigenvalue weighted by Crippen LogP contribution is -2.30. The normalized spacial score (nSPS) is 10.8. The Bertz CT molecular complexity index is 472. The summed E-state index contributed by atoms with van der Waals surface area (Å²) >= 11 is 0. The number of hydrogen-bond donors (Lipinski definition) is 5. The summed E-state index contributed by atoms with van der Waals surface area (Å²) in [5.74, 6) is -2.63. The maximum Gasteiger partial charge on any atom is 0.320 e. The van der Waals surface area contributed by atoms with Crippen molar-refractivity contribution in [2.75, 3.05) is 5.73 Å². The Morgan fingerprint density at radius 2 is 1.60 bits per heavy atom. The van der Waals surface area contributed by atoms with E-state index >= 15 is 0 Å². The van der Waals surface area contributed by atoms with Gasteiger partial charge in [0.1, 0.15) is 6.04 Å². The first-order chi connectivity index (χ1) is 9.23. The number of carboxylic acids is 2. The number of anilines is 1. The molecule has 0 aliphatic rings. The monoisotopic (exact) mass is 283 g/mol. The molecule has 0 fully saturated rings. The average Bonchev–Trinajstić information content (AvgIpc) is 2.37. The van der Waals surface area contributed by atoms with Gasteiger partial charge in [0, 0.05) is 17.7 Å². The summed E-state index contributed by atoms with van der Waals surface area (Å²) < 4.78 is 0. The van der Waals surface area contributed by atoms with Gasteiger partial charge < -0.3 is 27.4 Å². The predicted molar refractivity (Wildman–Crippen MR) is 71.9 cm³/mol. The zero-order chi connectivity index (χ0) is 15.7. The molecule has 8 N–H and O–H groups in total. The third-order valence-electron chi connectivity index (χ3n) is 2.18. The number of carboxylic acid groups (broad SMARTS) is 2. The predicted octanol–water partition coefficient (Wildman–Crippen LogP) is -0.369. The molecule has 0 radical (unpaired) electrons. The standard InChI is InChI=1S/C7H8N2O.C5H9NO4/c8-6-3-1-5(2-4-6)7(9)10;6-3(5(9)10)1-2-4(7)8/h1-4H,8H2,(H2,9,10);3H,1-2,6H2,(H,7,8)(H,9,10). The fourth-order valence-electron chi connectivity index (χ4n) is 1.05. The van der Waals surface area contributed by atoms with Gasteiger partial charge in [-0.15, -0.1) is 0 Å². The van der Waals surface area contributed by atoms with Crippen molar-refractivity contribution in [3.63, 3.8) is 0 Å². The minimum Gasteiger partial charge on any atom is -0.481 e. The molecule has 8 nitrogen and oxygen atoms in total. The van der Waals surface area contributed by atoms with Crippen molar-refractivity contribution in [1.82, 2.24) is 0 Å². The quantitative estimate of drug-likeness (QED) is 0.459. The second kappa shape index (κ2) is 8.48. The fraction of sp³-hybridized carbons (Fsp3) is 0.250. The molecule has 0 bridgehead atoms. The molecule has 1 atom stereocenters. The number of carbonyl (C=O) groups excluding carboxylic acids is 1. The maximum absolute atomic E-state index is 10.5. The molecule has 0 spiro atoms. The molecule has 1 amide bonds. The van der Waals surface area contributed by atoms with Crippen LogP contribution in [0.2, 0.25) is 0 Å². The SMILES string of the molecule is NC(=O)c1ccc(N)cc1.NC(CCC(=O)O)C(=O)O. The van der Waals surface area contributed by atoms with Crippen molar-refractivity contribution in [3.05, 3.63) is 29.8 Å². The molecule has 0 heterocycles. The first kappa shape index (κ1) is 17.4. The van der Waals surface area contributed by atoms with Crippen molar-refractivity contribution in [2.45, 2.75) is 18.9 Å². The summed E-state index contributed by atoms with van der Waals surface area (Å²) in [6.45, 7) is 0. The number of nitrogen functional groups attached to an aromatic ring is 1. The molecule has 1 aromatic rings. The second-order valence-electron chi connectivity index (χ2n) is 3.86. The van der Waals surface area contributed by atoms with E-state index in [9.17, 15) is 14.4 Å². The molecule has 1 unspecified atom stereocenters. The topological polar surface area (TPSA) is 170 Å². The first-order valence-corrected chi connectivity index (χ1v) is 5.59. The summed E-state index contributed by atoms with van der Waals surface area (Å²) in [6, 6.07) is 5.41. The van der Waals surface area contributed by atoms with Gasteiger partial charge in [0.2, 0.25) is 5.91 Å². The van der Waals surface area contributed by atoms with E-state index < -0.39 is 23.9 Å². The molecule has 8 heteroatoms. The van der Waals surface area contributed by atoms with Crippen LogP contribution in [0.15, 0.2) is 24.3 Å². The smallest absolute Gasteiger partial charge is 0.320 e. The summed E-state index contributed by atoms with van der Waals surface area (Å²) in [5, 5.41) is 16.3. The van der Waals surface area contributed by atoms with Gasteiger partial charge in [-0.1, -0.05) is 0 Å². The van der Waals surface area contributed by atoms with Crippen LogP contribution in [0, 0.1) is 0 Å². The molecule has 1 rings (SSSR count). The highest BCUT2D eigenvalue weighted by molar-refractivity contribution is 5.93. The molecular weight excluding hydrogens is 266 g/mol. The van der Waals surface area contributed by atoms with Crippen LogP contribution < -0.4 is 17.2 Å². The summed E-state index contributed by atoms with van der Waals surface area (Å²) in [4.78, 5) is 30.4. The Hall–Kier alpha value is -2.61. The van der Waals surface area contributed by atoms with E-state index in [1.165, 1.54) is 0 Å². The van der Waals surface area contributed by atoms with E-state index in [1.54, 1.807) is 24.3 Å². The average molecular weight is 283 g/mol. The van der Waals surface area contributed by atoms with E-state index in [-0.39, 0.29) is 12.8 Å². The van der Waals surface area contributed by atoms with E-state index in [0.717, 1.165) is 0 Å². The zero-order valence-electron chi connectivity index (χ0n) is 10.7. The molecule has 0 aliphatic carbocycles. The van der Waals surface area contributed by atoms with Gasteiger partial charge in [-0.25, -0.2) is 0 Å². The first-order valence-electron chi connectivity index (χ1n) is 5.59. The minimum atomic E-state index is -1.17. The molecule has 0 aliphatic heterocycles. The van der Waals surface area contributed by atoms with Crippen LogP contribution in [0.5, 0.6) is 0 Å². The van der Waals surface area contributed by atoms with Crippen LogP contribution in [0.3, 0.4) is 0 Å². The van der Waals surface area contributed by atoms with Gasteiger partial charge in [0.05, 0.1) is 0 Å². The van der Waals surface area contributed by atoms with Crippen LogP contribution >= 0.6 is 0 Å². The van der Waals surface area contributed by atoms with Crippen molar-refractivity contribution in [2.24, 2.45) is 11.5 Å². The highest BCUT2D eigenvalue weighted by Gasteiger charge is 2.12. The molecular formula is C12H17N3O5. The minimum absolute atomic E-state index is 0.0231. The van der Waals surface area contributed by atoms with Crippen molar-refractivity contribution >= 4 is 23.5 Å². The zero-order valence-corrected chi connectivity index (χ0v) is 10.7. The molecule has 0 saturated heterocycles. The molecule has 0 saturated carbocycles. The van der Waals surface area contributed by atoms with E-state index in [0.29, 0.717) is 11.3 Å². The maximum atomic E-state index is 10.5. The Kier molecular flexibility index (Phi) is 7.38. The van der Waals surface area contributed by atoms with Gasteiger partial charge in [0.15, 0.2) is 0 Å². The number of benzene rings is 1. The van der Waals surface area contributed by atoms with Gasteiger partial charge in [-0.05, 0) is 30.7 Å². The molecule has 1 aromatic carbocycles. The van der Waals surface area contributed by atoms with E-state index in [2.05, 4.69) is 0 Å². The highest BCUT2D eigenvalue weighted by Crippen LogP contribution is 2.03. The number of carbonyl (C=O) groups is 3. The number of amides is 1.